The van der Waals surface area contributed by atoms with Gasteiger partial charge in [-0.2, -0.15) is 4.39 Å². The van der Waals surface area contributed by atoms with Crippen molar-refractivity contribution in [3.05, 3.63) is 70.5 Å². The molecule has 7 nitrogen and oxygen atoms in total. The maximum atomic E-state index is 13.7. The van der Waals surface area contributed by atoms with E-state index in [0.29, 0.717) is 31.9 Å². The largest absolute Gasteiger partial charge is 0.488 e. The molecule has 1 amide bonds. The number of nitrogens with zero attached hydrogens (tertiary/aromatic N) is 1. The molecule has 0 aliphatic carbocycles. The topological polar surface area (TPSA) is 105 Å². The number of aryl methyl sites for hydroxylation is 1. The average molecular weight is 504 g/mol. The van der Waals surface area contributed by atoms with Gasteiger partial charge in [0.1, 0.15) is 0 Å². The number of halogens is 3. The molecule has 0 spiro atoms. The van der Waals surface area contributed by atoms with Crippen molar-refractivity contribution < 1.29 is 32.6 Å². The second kappa shape index (κ2) is 11.1. The van der Waals surface area contributed by atoms with Crippen LogP contribution in [0.1, 0.15) is 30.4 Å². The van der Waals surface area contributed by atoms with E-state index in [9.17, 15) is 27.9 Å². The first-order chi connectivity index (χ1) is 17.3. The van der Waals surface area contributed by atoms with Gasteiger partial charge < -0.3 is 25.8 Å². The van der Waals surface area contributed by atoms with Gasteiger partial charge in [0.15, 0.2) is 17.4 Å². The van der Waals surface area contributed by atoms with Crippen molar-refractivity contribution in [1.29, 1.82) is 0 Å². The van der Waals surface area contributed by atoms with E-state index in [2.05, 4.69) is 5.32 Å². The lowest BCUT2D eigenvalue weighted by atomic mass is 9.83. The van der Waals surface area contributed by atoms with Crippen molar-refractivity contribution in [3.63, 3.8) is 0 Å². The van der Waals surface area contributed by atoms with E-state index in [-0.39, 0.29) is 43.6 Å². The summed E-state index contributed by atoms with van der Waals surface area (Å²) in [5.74, 6) is -5.29. The van der Waals surface area contributed by atoms with Gasteiger partial charge in [0, 0.05) is 32.1 Å². The Balaban J connectivity index is 1.41. The smallest absolute Gasteiger partial charge is 0.333 e. The number of carbonyl (C=O) groups excluding carboxylic acids is 1. The van der Waals surface area contributed by atoms with Gasteiger partial charge in [-0.15, -0.1) is 0 Å². The lowest BCUT2D eigenvalue weighted by Crippen LogP contribution is -2.61. The third-order valence-corrected chi connectivity index (χ3v) is 6.51. The fraction of sp³-hybridized carbons (Fsp3) is 0.385. The van der Waals surface area contributed by atoms with Gasteiger partial charge in [-0.3, -0.25) is 4.79 Å². The van der Waals surface area contributed by atoms with E-state index in [1.807, 2.05) is 24.3 Å². The Bertz CT molecular complexity index is 1170. The highest BCUT2D eigenvalue weighted by Crippen LogP contribution is 2.33. The Morgan fingerprint density at radius 1 is 1.08 bits per heavy atom. The maximum Gasteiger partial charge on any atom is 0.333 e. The summed E-state index contributed by atoms with van der Waals surface area (Å²) < 4.78 is 45.7. The zero-order valence-corrected chi connectivity index (χ0v) is 19.6. The minimum Gasteiger partial charge on any atom is -0.488 e. The normalized spacial score (nSPS) is 19.4. The summed E-state index contributed by atoms with van der Waals surface area (Å²) in [5.41, 5.74) is 8.25. The van der Waals surface area contributed by atoms with Gasteiger partial charge in [-0.1, -0.05) is 24.3 Å². The average Bonchev–Trinajstić information content (AvgIpc) is 2.85. The summed E-state index contributed by atoms with van der Waals surface area (Å²) in [5, 5.41) is 13.3. The van der Waals surface area contributed by atoms with E-state index >= 15 is 0 Å². The summed E-state index contributed by atoms with van der Waals surface area (Å²) in [7, 11) is 0. The summed E-state index contributed by atoms with van der Waals surface area (Å²) in [4.78, 5) is 26.2. The zero-order valence-electron chi connectivity index (χ0n) is 19.6. The molecule has 4 N–H and O–H groups in total. The van der Waals surface area contributed by atoms with Crippen molar-refractivity contribution in [3.8, 4) is 5.75 Å². The first-order valence-corrected chi connectivity index (χ1v) is 11.8. The first-order valence-electron chi connectivity index (χ1n) is 11.8. The number of ether oxygens (including phenoxy) is 1. The standard InChI is InChI=1S/C26H28F3N3O4/c27-19-7-8-20(28)25(24(19)29)36-11-1-2-15-3-5-16(6-4-15)18-12-17-13-32(22(33)9-10-30)14-21(31-17)23(18)26(34)35/h3-8,17,21,31H,1-2,9-14,30H2,(H,34,35)/t17?,21-/m1/s1. The van der Waals surface area contributed by atoms with E-state index in [1.165, 1.54) is 0 Å². The van der Waals surface area contributed by atoms with Crippen LogP contribution in [0.5, 0.6) is 5.75 Å². The number of rotatable bonds is 9. The van der Waals surface area contributed by atoms with Crippen LogP contribution in [-0.2, 0) is 16.0 Å². The Kier molecular flexibility index (Phi) is 7.95. The molecule has 10 heteroatoms. The number of carbonyl (C=O) groups is 2. The van der Waals surface area contributed by atoms with E-state index < -0.39 is 35.2 Å². The molecule has 0 saturated carbocycles. The Morgan fingerprint density at radius 2 is 1.81 bits per heavy atom. The molecular weight excluding hydrogens is 475 g/mol. The van der Waals surface area contributed by atoms with Crippen molar-refractivity contribution in [2.45, 2.75) is 37.8 Å². The summed E-state index contributed by atoms with van der Waals surface area (Å²) in [6, 6.07) is 8.47. The number of carboxylic acids is 1. The van der Waals surface area contributed by atoms with E-state index in [4.69, 9.17) is 10.5 Å². The van der Waals surface area contributed by atoms with E-state index in [0.717, 1.165) is 22.8 Å². The molecule has 1 fully saturated rings. The zero-order chi connectivity index (χ0) is 25.8. The fourth-order valence-electron chi connectivity index (χ4n) is 4.82. The fourth-order valence-corrected chi connectivity index (χ4v) is 4.82. The van der Waals surface area contributed by atoms with Crippen LogP contribution < -0.4 is 15.8 Å². The number of nitrogens with one attached hydrogen (secondary N) is 1. The van der Waals surface area contributed by atoms with Crippen LogP contribution in [0.25, 0.3) is 5.57 Å². The molecule has 0 aromatic heterocycles. The molecule has 2 aromatic rings. The minimum atomic E-state index is -1.35. The molecule has 2 atom stereocenters. The Hall–Kier alpha value is -3.37. The van der Waals surface area contributed by atoms with Crippen LogP contribution in [0.15, 0.2) is 42.0 Å². The monoisotopic (exact) mass is 503 g/mol. The SMILES string of the molecule is NCCC(=O)N1CC2CC(c3ccc(CCCOc4c(F)ccc(F)c4F)cc3)=C(C(=O)O)[C@@H](C1)N2. The second-order valence-corrected chi connectivity index (χ2v) is 8.98. The highest BCUT2D eigenvalue weighted by atomic mass is 19.2. The van der Waals surface area contributed by atoms with E-state index in [1.54, 1.807) is 4.90 Å². The number of amides is 1. The predicted octanol–water partition coefficient (Wildman–Crippen LogP) is 2.88. The molecule has 4 rings (SSSR count). The number of aliphatic carboxylic acids is 1. The molecule has 2 bridgehead atoms. The number of carboxylic acid groups (broad SMARTS) is 1. The maximum absolute atomic E-state index is 13.7. The van der Waals surface area contributed by atoms with Crippen molar-refractivity contribution in [2.75, 3.05) is 26.2 Å². The van der Waals surface area contributed by atoms with Crippen LogP contribution in [0.3, 0.4) is 0 Å². The number of benzene rings is 2. The van der Waals surface area contributed by atoms with Gasteiger partial charge in [0.05, 0.1) is 18.2 Å². The molecule has 192 valence electrons. The van der Waals surface area contributed by atoms with Gasteiger partial charge in [-0.25, -0.2) is 13.6 Å². The van der Waals surface area contributed by atoms with Crippen molar-refractivity contribution in [1.82, 2.24) is 10.2 Å². The summed E-state index contributed by atoms with van der Waals surface area (Å²) in [6.07, 6.45) is 1.70. The molecule has 36 heavy (non-hydrogen) atoms. The van der Waals surface area contributed by atoms with Gasteiger partial charge in [0.25, 0.3) is 0 Å². The van der Waals surface area contributed by atoms with Gasteiger partial charge in [0.2, 0.25) is 11.7 Å². The van der Waals surface area contributed by atoms with Gasteiger partial charge in [-0.05, 0) is 48.1 Å². The molecule has 0 radical (unpaired) electrons. The Labute approximate surface area is 206 Å². The first kappa shape index (κ1) is 25.7. The Morgan fingerprint density at radius 3 is 2.50 bits per heavy atom. The number of piperazine rings is 1. The highest BCUT2D eigenvalue weighted by molar-refractivity contribution is 5.98. The minimum absolute atomic E-state index is 0.00175. The van der Waals surface area contributed by atoms with Crippen LogP contribution in [-0.4, -0.2) is 60.2 Å². The van der Waals surface area contributed by atoms with Crippen LogP contribution in [0.2, 0.25) is 0 Å². The van der Waals surface area contributed by atoms with Crippen molar-refractivity contribution >= 4 is 17.4 Å². The lowest BCUT2D eigenvalue weighted by molar-refractivity contribution is -0.136. The summed E-state index contributed by atoms with van der Waals surface area (Å²) in [6.45, 7) is 1.03. The molecule has 1 unspecified atom stereocenters. The van der Waals surface area contributed by atoms with Gasteiger partial charge >= 0.3 is 5.97 Å². The number of hydrogen-bond acceptors (Lipinski definition) is 5. The van der Waals surface area contributed by atoms with Crippen LogP contribution in [0, 0.1) is 17.5 Å². The number of fused-ring (bicyclic) bond motifs is 2. The molecule has 2 aliphatic rings. The lowest BCUT2D eigenvalue weighted by Gasteiger charge is -2.43. The molecule has 2 aromatic carbocycles. The predicted molar refractivity (Wildman–Crippen MR) is 127 cm³/mol. The third kappa shape index (κ3) is 5.55. The van der Waals surface area contributed by atoms with Crippen LogP contribution in [0.4, 0.5) is 13.2 Å². The molecule has 2 heterocycles. The molecular formula is C26H28F3N3O4. The van der Waals surface area contributed by atoms with Crippen LogP contribution >= 0.6 is 0 Å². The number of nitrogens with two attached hydrogens (primary N) is 1. The summed E-state index contributed by atoms with van der Waals surface area (Å²) >= 11 is 0. The van der Waals surface area contributed by atoms with Crippen molar-refractivity contribution in [2.24, 2.45) is 5.73 Å². The highest BCUT2D eigenvalue weighted by Gasteiger charge is 2.39. The molecule has 1 saturated heterocycles. The third-order valence-electron chi connectivity index (χ3n) is 6.51. The second-order valence-electron chi connectivity index (χ2n) is 8.98. The molecule has 2 aliphatic heterocycles. The quantitative estimate of drug-likeness (QED) is 0.359. The number of hydrogen-bond donors (Lipinski definition) is 3.